The zero-order chi connectivity index (χ0) is 15.7. The summed E-state index contributed by atoms with van der Waals surface area (Å²) in [7, 11) is 0. The number of carbonyl (C=O) groups excluding carboxylic acids is 1. The van der Waals surface area contributed by atoms with E-state index in [-0.39, 0.29) is 18.1 Å². The van der Waals surface area contributed by atoms with Crippen molar-refractivity contribution in [3.05, 3.63) is 48.6 Å². The van der Waals surface area contributed by atoms with Crippen LogP contribution >= 0.6 is 0 Å². The molecule has 2 atom stereocenters. The van der Waals surface area contributed by atoms with Gasteiger partial charge in [-0.2, -0.15) is 0 Å². The zero-order valence-electron chi connectivity index (χ0n) is 13.4. The van der Waals surface area contributed by atoms with E-state index in [1.165, 1.54) is 0 Å². The van der Waals surface area contributed by atoms with Crippen LogP contribution in [0.2, 0.25) is 0 Å². The summed E-state index contributed by atoms with van der Waals surface area (Å²) < 4.78 is 5.77. The molecule has 1 rings (SSSR count). The lowest BCUT2D eigenvalue weighted by Crippen LogP contribution is -2.34. The van der Waals surface area contributed by atoms with E-state index >= 15 is 0 Å². The molecule has 0 bridgehead atoms. The smallest absolute Gasteiger partial charge is 0.410 e. The number of rotatable bonds is 8. The summed E-state index contributed by atoms with van der Waals surface area (Å²) in [5.74, 6) is 0.0708. The van der Waals surface area contributed by atoms with Gasteiger partial charge in [-0.15, -0.1) is 6.58 Å². The number of hydrogen-bond acceptors (Lipinski definition) is 2. The highest BCUT2D eigenvalue weighted by atomic mass is 16.6. The summed E-state index contributed by atoms with van der Waals surface area (Å²) in [5.41, 5.74) is 1.01. The normalized spacial score (nSPS) is 13.3. The van der Waals surface area contributed by atoms with Gasteiger partial charge in [-0.1, -0.05) is 57.2 Å². The van der Waals surface area contributed by atoms with E-state index in [2.05, 4.69) is 20.4 Å². The van der Waals surface area contributed by atoms with Crippen LogP contribution in [0.1, 0.15) is 45.3 Å². The first-order valence-electron chi connectivity index (χ1n) is 7.77. The van der Waals surface area contributed by atoms with Crippen LogP contribution in [0.15, 0.2) is 43.0 Å². The molecule has 0 unspecified atom stereocenters. The van der Waals surface area contributed by atoms with Crippen LogP contribution in [0.4, 0.5) is 4.79 Å². The molecule has 0 saturated heterocycles. The second-order valence-electron chi connectivity index (χ2n) is 5.30. The van der Waals surface area contributed by atoms with Gasteiger partial charge in [-0.3, -0.25) is 0 Å². The maximum absolute atomic E-state index is 12.4. The Hall–Kier alpha value is -1.77. The monoisotopic (exact) mass is 289 g/mol. The first kappa shape index (κ1) is 17.3. The second kappa shape index (κ2) is 9.22. The summed E-state index contributed by atoms with van der Waals surface area (Å²) in [6.45, 7) is 11.4. The third kappa shape index (κ3) is 5.25. The quantitative estimate of drug-likeness (QED) is 0.643. The van der Waals surface area contributed by atoms with Crippen molar-refractivity contribution in [1.82, 2.24) is 4.90 Å². The van der Waals surface area contributed by atoms with Gasteiger partial charge < -0.3 is 9.64 Å². The second-order valence-corrected chi connectivity index (χ2v) is 5.30. The average Bonchev–Trinajstić information content (AvgIpc) is 2.52. The fourth-order valence-electron chi connectivity index (χ4n) is 2.26. The number of ether oxygens (including phenoxy) is 1. The summed E-state index contributed by atoms with van der Waals surface area (Å²) in [6, 6.07) is 9.86. The summed E-state index contributed by atoms with van der Waals surface area (Å²) >= 11 is 0. The summed E-state index contributed by atoms with van der Waals surface area (Å²) in [6.07, 6.45) is 3.17. The Morgan fingerprint density at radius 2 is 1.81 bits per heavy atom. The molecule has 0 aliphatic carbocycles. The lowest BCUT2D eigenvalue weighted by Gasteiger charge is -2.27. The lowest BCUT2D eigenvalue weighted by molar-refractivity contribution is 0.0465. The number of carbonyl (C=O) groups is 1. The Kier molecular flexibility index (Phi) is 7.59. The van der Waals surface area contributed by atoms with Gasteiger partial charge in [-0.25, -0.2) is 4.79 Å². The third-order valence-electron chi connectivity index (χ3n) is 3.45. The van der Waals surface area contributed by atoms with Gasteiger partial charge in [0.2, 0.25) is 0 Å². The standard InChI is InChI=1S/C18H27NO2/c1-5-13-19(14-6-2)18(20)21-17(15(4)7-3)16-11-9-8-10-12-16/h7-12,15,17H,3,5-6,13-14H2,1-2,4H3/t15-,17+/m1/s1. The van der Waals surface area contributed by atoms with Gasteiger partial charge in [0.05, 0.1) is 0 Å². The molecular weight excluding hydrogens is 262 g/mol. The summed E-state index contributed by atoms with van der Waals surface area (Å²) in [4.78, 5) is 14.2. The van der Waals surface area contributed by atoms with Crippen LogP contribution in [0.3, 0.4) is 0 Å². The number of benzene rings is 1. The van der Waals surface area contributed by atoms with Gasteiger partial charge >= 0.3 is 6.09 Å². The highest BCUT2D eigenvalue weighted by Gasteiger charge is 2.24. The van der Waals surface area contributed by atoms with Crippen LogP contribution in [-0.2, 0) is 4.74 Å². The fourth-order valence-corrected chi connectivity index (χ4v) is 2.26. The molecule has 0 saturated carbocycles. The van der Waals surface area contributed by atoms with Crippen molar-refractivity contribution < 1.29 is 9.53 Å². The van der Waals surface area contributed by atoms with Gasteiger partial charge in [0, 0.05) is 19.0 Å². The van der Waals surface area contributed by atoms with E-state index in [9.17, 15) is 4.79 Å². The topological polar surface area (TPSA) is 29.5 Å². The third-order valence-corrected chi connectivity index (χ3v) is 3.45. The fraction of sp³-hybridized carbons (Fsp3) is 0.500. The van der Waals surface area contributed by atoms with E-state index < -0.39 is 0 Å². The van der Waals surface area contributed by atoms with Crippen LogP contribution in [0.5, 0.6) is 0 Å². The van der Waals surface area contributed by atoms with Gasteiger partial charge in [-0.05, 0) is 18.4 Å². The Morgan fingerprint density at radius 3 is 2.29 bits per heavy atom. The van der Waals surface area contributed by atoms with Crippen LogP contribution < -0.4 is 0 Å². The van der Waals surface area contributed by atoms with Crippen LogP contribution in [0.25, 0.3) is 0 Å². The van der Waals surface area contributed by atoms with E-state index in [0.29, 0.717) is 0 Å². The number of amides is 1. The van der Waals surface area contributed by atoms with E-state index in [1.54, 1.807) is 4.90 Å². The molecule has 21 heavy (non-hydrogen) atoms. The minimum Gasteiger partial charge on any atom is -0.441 e. The molecule has 0 aromatic heterocycles. The SMILES string of the molecule is C=C[C@@H](C)[C@H](OC(=O)N(CCC)CCC)c1ccccc1. The van der Waals surface area contributed by atoms with Crippen molar-refractivity contribution in [1.29, 1.82) is 0 Å². The van der Waals surface area contributed by atoms with Crippen molar-refractivity contribution in [2.75, 3.05) is 13.1 Å². The molecule has 116 valence electrons. The Bertz CT molecular complexity index is 424. The molecule has 1 amide bonds. The maximum atomic E-state index is 12.4. The van der Waals surface area contributed by atoms with Gasteiger partial charge in [0.15, 0.2) is 0 Å². The van der Waals surface area contributed by atoms with Crippen molar-refractivity contribution in [2.45, 2.75) is 39.7 Å². The molecule has 1 aromatic rings. The van der Waals surface area contributed by atoms with Gasteiger partial charge in [0.1, 0.15) is 6.10 Å². The summed E-state index contributed by atoms with van der Waals surface area (Å²) in [5, 5.41) is 0. The predicted octanol–water partition coefficient (Wildman–Crippen LogP) is 4.81. The molecule has 0 aliphatic rings. The minimum atomic E-state index is -0.285. The van der Waals surface area contributed by atoms with Gasteiger partial charge in [0.25, 0.3) is 0 Å². The van der Waals surface area contributed by atoms with E-state index in [1.807, 2.05) is 43.3 Å². The molecule has 0 heterocycles. The predicted molar refractivity (Wildman–Crippen MR) is 87.2 cm³/mol. The van der Waals surface area contributed by atoms with Crippen molar-refractivity contribution in [2.24, 2.45) is 5.92 Å². The largest absolute Gasteiger partial charge is 0.441 e. The molecule has 0 N–H and O–H groups in total. The first-order chi connectivity index (χ1) is 10.1. The highest BCUT2D eigenvalue weighted by Crippen LogP contribution is 2.27. The molecule has 0 fully saturated rings. The molecule has 0 aliphatic heterocycles. The molecular formula is C18H27NO2. The minimum absolute atomic E-state index is 0.0708. The number of nitrogens with zero attached hydrogens (tertiary/aromatic N) is 1. The lowest BCUT2D eigenvalue weighted by atomic mass is 9.97. The molecule has 3 nitrogen and oxygen atoms in total. The molecule has 3 heteroatoms. The van der Waals surface area contributed by atoms with E-state index in [4.69, 9.17) is 4.74 Å². The highest BCUT2D eigenvalue weighted by molar-refractivity contribution is 5.68. The van der Waals surface area contributed by atoms with E-state index in [0.717, 1.165) is 31.5 Å². The first-order valence-corrected chi connectivity index (χ1v) is 7.77. The Morgan fingerprint density at radius 1 is 1.24 bits per heavy atom. The van der Waals surface area contributed by atoms with Crippen LogP contribution in [0, 0.1) is 5.92 Å². The van der Waals surface area contributed by atoms with Crippen LogP contribution in [-0.4, -0.2) is 24.1 Å². The molecule has 0 radical (unpaired) electrons. The molecule has 1 aromatic carbocycles. The van der Waals surface area contributed by atoms with Crippen molar-refractivity contribution >= 4 is 6.09 Å². The Labute approximate surface area is 128 Å². The maximum Gasteiger partial charge on any atom is 0.410 e. The van der Waals surface area contributed by atoms with Crippen molar-refractivity contribution in [3.8, 4) is 0 Å². The van der Waals surface area contributed by atoms with Crippen molar-refractivity contribution in [3.63, 3.8) is 0 Å². The average molecular weight is 289 g/mol. The number of hydrogen-bond donors (Lipinski definition) is 0. The molecule has 0 spiro atoms. The Balaban J connectivity index is 2.85. The zero-order valence-corrected chi connectivity index (χ0v) is 13.4.